The normalized spacial score (nSPS) is 11.3. The monoisotopic (exact) mass is 234 g/mol. The molecule has 1 aromatic carbocycles. The van der Waals surface area contributed by atoms with Gasteiger partial charge in [-0.05, 0) is 37.8 Å². The van der Waals surface area contributed by atoms with Crippen molar-refractivity contribution in [3.05, 3.63) is 35.4 Å². The Bertz CT molecular complexity index is 368. The highest BCUT2D eigenvalue weighted by atomic mass is 16.1. The van der Waals surface area contributed by atoms with Crippen molar-refractivity contribution in [2.75, 3.05) is 6.54 Å². The van der Waals surface area contributed by atoms with Gasteiger partial charge >= 0.3 is 0 Å². The van der Waals surface area contributed by atoms with Gasteiger partial charge in [-0.15, -0.1) is 0 Å². The van der Waals surface area contributed by atoms with E-state index in [1.54, 1.807) is 0 Å². The lowest BCUT2D eigenvalue weighted by atomic mass is 9.94. The molecular weight excluding hydrogens is 212 g/mol. The van der Waals surface area contributed by atoms with Crippen LogP contribution in [0.15, 0.2) is 24.3 Å². The number of hydrogen-bond donors (Lipinski definition) is 2. The van der Waals surface area contributed by atoms with E-state index in [0.717, 1.165) is 12.8 Å². The molecule has 0 saturated heterocycles. The molecule has 1 rings (SSSR count). The van der Waals surface area contributed by atoms with Crippen molar-refractivity contribution in [3.8, 4) is 0 Å². The molecule has 0 saturated carbocycles. The minimum absolute atomic E-state index is 0.0399. The molecule has 0 aliphatic carbocycles. The number of rotatable bonds is 5. The second-order valence-corrected chi connectivity index (χ2v) is 4.98. The minimum Gasteiger partial charge on any atom is -0.350 e. The molecule has 94 valence electrons. The largest absolute Gasteiger partial charge is 0.350 e. The topological polar surface area (TPSA) is 55.1 Å². The lowest BCUT2D eigenvalue weighted by molar-refractivity contribution is -0.121. The summed E-state index contributed by atoms with van der Waals surface area (Å²) in [4.78, 5) is 11.3. The Labute approximate surface area is 103 Å². The first-order chi connectivity index (χ1) is 7.96. The zero-order valence-electron chi connectivity index (χ0n) is 10.9. The highest BCUT2D eigenvalue weighted by Crippen LogP contribution is 2.13. The van der Waals surface area contributed by atoms with Crippen molar-refractivity contribution >= 4 is 5.91 Å². The number of amides is 1. The average molecular weight is 234 g/mol. The Kier molecular flexibility index (Phi) is 4.70. The third-order valence-corrected chi connectivity index (χ3v) is 2.74. The Hall–Kier alpha value is -1.35. The first-order valence-corrected chi connectivity index (χ1v) is 6.06. The highest BCUT2D eigenvalue weighted by Gasteiger charge is 2.20. The summed E-state index contributed by atoms with van der Waals surface area (Å²) in [6.07, 6.45) is 1.86. The van der Waals surface area contributed by atoms with Crippen LogP contribution in [0.25, 0.3) is 0 Å². The Morgan fingerprint density at radius 3 is 2.24 bits per heavy atom. The SMILES string of the molecule is CCc1ccc(CC(C)(C)NC(=O)CN)cc1. The van der Waals surface area contributed by atoms with Crippen molar-refractivity contribution in [2.45, 2.75) is 39.2 Å². The lowest BCUT2D eigenvalue weighted by Gasteiger charge is -2.26. The van der Waals surface area contributed by atoms with Gasteiger partial charge < -0.3 is 11.1 Å². The Balaban J connectivity index is 2.65. The molecule has 0 unspecified atom stereocenters. The first-order valence-electron chi connectivity index (χ1n) is 6.06. The van der Waals surface area contributed by atoms with Crippen LogP contribution < -0.4 is 11.1 Å². The zero-order valence-corrected chi connectivity index (χ0v) is 10.9. The number of carbonyl (C=O) groups is 1. The summed E-state index contributed by atoms with van der Waals surface area (Å²) in [5.41, 5.74) is 7.60. The smallest absolute Gasteiger partial charge is 0.234 e. The number of hydrogen-bond acceptors (Lipinski definition) is 2. The van der Waals surface area contributed by atoms with E-state index in [-0.39, 0.29) is 18.0 Å². The van der Waals surface area contributed by atoms with Crippen molar-refractivity contribution in [1.29, 1.82) is 0 Å². The maximum absolute atomic E-state index is 11.3. The van der Waals surface area contributed by atoms with Gasteiger partial charge in [0.05, 0.1) is 6.54 Å². The summed E-state index contributed by atoms with van der Waals surface area (Å²) >= 11 is 0. The van der Waals surface area contributed by atoms with Gasteiger partial charge in [-0.1, -0.05) is 31.2 Å². The van der Waals surface area contributed by atoms with Crippen LogP contribution in [0.5, 0.6) is 0 Å². The molecule has 17 heavy (non-hydrogen) atoms. The Morgan fingerprint density at radius 1 is 1.24 bits per heavy atom. The average Bonchev–Trinajstić information content (AvgIpc) is 2.28. The van der Waals surface area contributed by atoms with Crippen molar-refractivity contribution < 1.29 is 4.79 Å². The van der Waals surface area contributed by atoms with E-state index < -0.39 is 0 Å². The molecule has 0 aromatic heterocycles. The van der Waals surface area contributed by atoms with Crippen molar-refractivity contribution in [3.63, 3.8) is 0 Å². The van der Waals surface area contributed by atoms with Crippen molar-refractivity contribution in [2.24, 2.45) is 5.73 Å². The molecule has 0 heterocycles. The predicted octanol–water partition coefficient (Wildman–Crippen LogP) is 1.64. The van der Waals surface area contributed by atoms with E-state index in [4.69, 9.17) is 5.73 Å². The zero-order chi connectivity index (χ0) is 12.9. The summed E-state index contributed by atoms with van der Waals surface area (Å²) in [7, 11) is 0. The quantitative estimate of drug-likeness (QED) is 0.814. The van der Waals surface area contributed by atoms with Crippen LogP contribution >= 0.6 is 0 Å². The van der Waals surface area contributed by atoms with Crippen LogP contribution in [0, 0.1) is 0 Å². The highest BCUT2D eigenvalue weighted by molar-refractivity contribution is 5.78. The fourth-order valence-corrected chi connectivity index (χ4v) is 1.88. The summed E-state index contributed by atoms with van der Waals surface area (Å²) in [6.45, 7) is 6.20. The number of carbonyl (C=O) groups excluding carboxylic acids is 1. The molecule has 0 bridgehead atoms. The minimum atomic E-state index is -0.260. The molecule has 1 aromatic rings. The van der Waals surface area contributed by atoms with Gasteiger partial charge in [-0.3, -0.25) is 4.79 Å². The molecule has 0 aliphatic rings. The molecule has 0 fully saturated rings. The van der Waals surface area contributed by atoms with E-state index in [1.807, 2.05) is 13.8 Å². The lowest BCUT2D eigenvalue weighted by Crippen LogP contribution is -2.47. The van der Waals surface area contributed by atoms with Crippen molar-refractivity contribution in [1.82, 2.24) is 5.32 Å². The number of nitrogens with one attached hydrogen (secondary N) is 1. The molecule has 0 aliphatic heterocycles. The van der Waals surface area contributed by atoms with Crippen LogP contribution in [-0.4, -0.2) is 18.0 Å². The summed E-state index contributed by atoms with van der Waals surface area (Å²) < 4.78 is 0. The van der Waals surface area contributed by atoms with E-state index in [2.05, 4.69) is 36.5 Å². The molecule has 3 heteroatoms. The predicted molar refractivity (Wildman–Crippen MR) is 70.8 cm³/mol. The number of nitrogens with two attached hydrogens (primary N) is 1. The molecule has 0 spiro atoms. The van der Waals surface area contributed by atoms with E-state index in [9.17, 15) is 4.79 Å². The third kappa shape index (κ3) is 4.57. The van der Waals surface area contributed by atoms with E-state index >= 15 is 0 Å². The van der Waals surface area contributed by atoms with Gasteiger partial charge in [0, 0.05) is 5.54 Å². The first kappa shape index (κ1) is 13.7. The van der Waals surface area contributed by atoms with Gasteiger partial charge in [0.15, 0.2) is 0 Å². The van der Waals surface area contributed by atoms with Crippen LogP contribution in [0.4, 0.5) is 0 Å². The molecular formula is C14H22N2O. The number of benzene rings is 1. The van der Waals surface area contributed by atoms with Crippen LogP contribution in [-0.2, 0) is 17.6 Å². The van der Waals surface area contributed by atoms with Gasteiger partial charge in [-0.25, -0.2) is 0 Å². The standard InChI is InChI=1S/C14H22N2O/c1-4-11-5-7-12(8-6-11)9-14(2,3)16-13(17)10-15/h5-8H,4,9-10,15H2,1-3H3,(H,16,17). The van der Waals surface area contributed by atoms with E-state index in [0.29, 0.717) is 0 Å². The molecule has 0 atom stereocenters. The number of aryl methyl sites for hydroxylation is 1. The maximum Gasteiger partial charge on any atom is 0.234 e. The fraction of sp³-hybridized carbons (Fsp3) is 0.500. The van der Waals surface area contributed by atoms with Gasteiger partial charge in [0.25, 0.3) is 0 Å². The molecule has 1 amide bonds. The maximum atomic E-state index is 11.3. The van der Waals surface area contributed by atoms with Gasteiger partial charge in [0.1, 0.15) is 0 Å². The molecule has 3 N–H and O–H groups in total. The fourth-order valence-electron chi connectivity index (χ4n) is 1.88. The van der Waals surface area contributed by atoms with Crippen LogP contribution in [0.1, 0.15) is 31.9 Å². The van der Waals surface area contributed by atoms with Crippen LogP contribution in [0.2, 0.25) is 0 Å². The van der Waals surface area contributed by atoms with Crippen LogP contribution in [0.3, 0.4) is 0 Å². The van der Waals surface area contributed by atoms with Gasteiger partial charge in [0.2, 0.25) is 5.91 Å². The summed E-state index contributed by atoms with van der Waals surface area (Å²) in [5, 5.41) is 2.92. The summed E-state index contributed by atoms with van der Waals surface area (Å²) in [6, 6.07) is 8.51. The second kappa shape index (κ2) is 5.82. The van der Waals surface area contributed by atoms with Gasteiger partial charge in [-0.2, -0.15) is 0 Å². The van der Waals surface area contributed by atoms with E-state index in [1.165, 1.54) is 11.1 Å². The third-order valence-electron chi connectivity index (χ3n) is 2.74. The summed E-state index contributed by atoms with van der Waals surface area (Å²) in [5.74, 6) is -0.111. The second-order valence-electron chi connectivity index (χ2n) is 4.98. The molecule has 3 nitrogen and oxygen atoms in total. The Morgan fingerprint density at radius 2 is 1.76 bits per heavy atom. The molecule has 0 radical (unpaired) electrons.